The van der Waals surface area contributed by atoms with Crippen LogP contribution in [-0.4, -0.2) is 36.7 Å². The van der Waals surface area contributed by atoms with Gasteiger partial charge in [0.2, 0.25) is 0 Å². The van der Waals surface area contributed by atoms with Crippen LogP contribution in [0.25, 0.3) is 6.08 Å². The van der Waals surface area contributed by atoms with Crippen LogP contribution in [0.5, 0.6) is 11.5 Å². The molecule has 0 fully saturated rings. The van der Waals surface area contributed by atoms with Crippen molar-refractivity contribution in [3.63, 3.8) is 0 Å². The van der Waals surface area contributed by atoms with Crippen molar-refractivity contribution in [2.75, 3.05) is 13.7 Å². The number of aliphatic carboxylic acids is 1. The summed E-state index contributed by atoms with van der Waals surface area (Å²) in [5.41, 5.74) is 0.950. The first kappa shape index (κ1) is 16.6. The SMILES string of the molecule is C/C=C/c1ccc(OCC(=O)N[C@H](C)C(=O)O)c(OC)c1. The van der Waals surface area contributed by atoms with Gasteiger partial charge in [-0.15, -0.1) is 0 Å². The topological polar surface area (TPSA) is 84.9 Å². The molecule has 0 saturated heterocycles. The fraction of sp³-hybridized carbons (Fsp3) is 0.333. The van der Waals surface area contributed by atoms with Gasteiger partial charge in [0.05, 0.1) is 7.11 Å². The Morgan fingerprint density at radius 1 is 1.38 bits per heavy atom. The van der Waals surface area contributed by atoms with E-state index in [0.29, 0.717) is 11.5 Å². The molecule has 21 heavy (non-hydrogen) atoms. The first-order valence-corrected chi connectivity index (χ1v) is 6.43. The molecule has 1 amide bonds. The molecule has 0 bridgehead atoms. The molecule has 114 valence electrons. The van der Waals surface area contributed by atoms with Crippen molar-refractivity contribution >= 4 is 18.0 Å². The number of rotatable bonds is 7. The van der Waals surface area contributed by atoms with Gasteiger partial charge in [-0.3, -0.25) is 9.59 Å². The molecule has 6 nitrogen and oxygen atoms in total. The molecule has 2 N–H and O–H groups in total. The van der Waals surface area contributed by atoms with E-state index >= 15 is 0 Å². The summed E-state index contributed by atoms with van der Waals surface area (Å²) in [6.45, 7) is 3.01. The molecule has 0 radical (unpaired) electrons. The van der Waals surface area contributed by atoms with E-state index in [-0.39, 0.29) is 6.61 Å². The number of amides is 1. The zero-order valence-electron chi connectivity index (χ0n) is 12.3. The summed E-state index contributed by atoms with van der Waals surface area (Å²) in [6.07, 6.45) is 3.81. The van der Waals surface area contributed by atoms with E-state index in [1.807, 2.05) is 25.1 Å². The van der Waals surface area contributed by atoms with Crippen LogP contribution in [0.4, 0.5) is 0 Å². The molecule has 0 heterocycles. The molecule has 6 heteroatoms. The average molecular weight is 293 g/mol. The quantitative estimate of drug-likeness (QED) is 0.799. The van der Waals surface area contributed by atoms with Crippen molar-refractivity contribution in [3.05, 3.63) is 29.8 Å². The van der Waals surface area contributed by atoms with Gasteiger partial charge in [-0.25, -0.2) is 0 Å². The van der Waals surface area contributed by atoms with Gasteiger partial charge >= 0.3 is 5.97 Å². The van der Waals surface area contributed by atoms with Gasteiger partial charge in [-0.1, -0.05) is 18.2 Å². The Balaban J connectivity index is 2.66. The summed E-state index contributed by atoms with van der Waals surface area (Å²) < 4.78 is 10.5. The molecule has 0 aliphatic rings. The Morgan fingerprint density at radius 3 is 2.67 bits per heavy atom. The fourth-order valence-corrected chi connectivity index (χ4v) is 1.59. The Hall–Kier alpha value is -2.50. The van der Waals surface area contributed by atoms with Gasteiger partial charge in [0.15, 0.2) is 18.1 Å². The molecule has 0 aliphatic heterocycles. The highest BCUT2D eigenvalue weighted by Gasteiger charge is 2.15. The summed E-state index contributed by atoms with van der Waals surface area (Å²) in [4.78, 5) is 22.2. The number of benzene rings is 1. The summed E-state index contributed by atoms with van der Waals surface area (Å²) in [6, 6.07) is 4.35. The van der Waals surface area contributed by atoms with E-state index in [0.717, 1.165) is 5.56 Å². The smallest absolute Gasteiger partial charge is 0.325 e. The number of nitrogens with one attached hydrogen (secondary N) is 1. The van der Waals surface area contributed by atoms with Gasteiger partial charge in [-0.2, -0.15) is 0 Å². The predicted molar refractivity (Wildman–Crippen MR) is 78.4 cm³/mol. The molecule has 0 spiro atoms. The van der Waals surface area contributed by atoms with Gasteiger partial charge in [-0.05, 0) is 31.5 Å². The number of carboxylic acid groups (broad SMARTS) is 1. The number of ether oxygens (including phenoxy) is 2. The van der Waals surface area contributed by atoms with Gasteiger partial charge < -0.3 is 19.9 Å². The summed E-state index contributed by atoms with van der Waals surface area (Å²) in [5, 5.41) is 11.0. The summed E-state index contributed by atoms with van der Waals surface area (Å²) >= 11 is 0. The first-order valence-electron chi connectivity index (χ1n) is 6.43. The number of carbonyl (C=O) groups excluding carboxylic acids is 1. The van der Waals surface area contributed by atoms with Crippen molar-refractivity contribution in [2.45, 2.75) is 19.9 Å². The average Bonchev–Trinajstić information content (AvgIpc) is 2.45. The second kappa shape index (κ2) is 7.94. The van der Waals surface area contributed by atoms with E-state index < -0.39 is 17.9 Å². The molecule has 0 unspecified atom stereocenters. The first-order chi connectivity index (χ1) is 9.97. The van der Waals surface area contributed by atoms with Crippen LogP contribution in [0.3, 0.4) is 0 Å². The van der Waals surface area contributed by atoms with Crippen LogP contribution in [0, 0.1) is 0 Å². The van der Waals surface area contributed by atoms with Crippen LogP contribution in [0.2, 0.25) is 0 Å². The van der Waals surface area contributed by atoms with Crippen molar-refractivity contribution < 1.29 is 24.2 Å². The Bertz CT molecular complexity index is 539. The lowest BCUT2D eigenvalue weighted by Crippen LogP contribution is -2.40. The highest BCUT2D eigenvalue weighted by molar-refractivity contribution is 5.84. The Kier molecular flexibility index (Phi) is 6.26. The third kappa shape index (κ3) is 5.18. The maximum atomic E-state index is 11.5. The second-order valence-electron chi connectivity index (χ2n) is 4.33. The number of hydrogen-bond acceptors (Lipinski definition) is 4. The number of allylic oxidation sites excluding steroid dienone is 1. The minimum atomic E-state index is -1.10. The Morgan fingerprint density at radius 2 is 2.10 bits per heavy atom. The zero-order chi connectivity index (χ0) is 15.8. The summed E-state index contributed by atoms with van der Waals surface area (Å²) in [5.74, 6) is -0.685. The van der Waals surface area contributed by atoms with Crippen molar-refractivity contribution in [1.82, 2.24) is 5.32 Å². The second-order valence-corrected chi connectivity index (χ2v) is 4.33. The minimum Gasteiger partial charge on any atom is -0.493 e. The largest absolute Gasteiger partial charge is 0.493 e. The Labute approximate surface area is 123 Å². The summed E-state index contributed by atoms with van der Waals surface area (Å²) in [7, 11) is 1.51. The third-order valence-corrected chi connectivity index (χ3v) is 2.65. The molecule has 1 aromatic carbocycles. The normalized spacial score (nSPS) is 12.0. The van der Waals surface area contributed by atoms with Crippen LogP contribution in [0.15, 0.2) is 24.3 Å². The number of hydrogen-bond donors (Lipinski definition) is 2. The lowest BCUT2D eigenvalue weighted by molar-refractivity contribution is -0.141. The molecular weight excluding hydrogens is 274 g/mol. The molecule has 1 aromatic rings. The van der Waals surface area contributed by atoms with E-state index in [1.54, 1.807) is 12.1 Å². The van der Waals surface area contributed by atoms with E-state index in [2.05, 4.69) is 5.32 Å². The van der Waals surface area contributed by atoms with Crippen molar-refractivity contribution in [1.29, 1.82) is 0 Å². The lowest BCUT2D eigenvalue weighted by atomic mass is 10.2. The van der Waals surface area contributed by atoms with E-state index in [1.165, 1.54) is 14.0 Å². The number of carboxylic acids is 1. The third-order valence-electron chi connectivity index (χ3n) is 2.65. The monoisotopic (exact) mass is 293 g/mol. The van der Waals surface area contributed by atoms with Gasteiger partial charge in [0.25, 0.3) is 5.91 Å². The van der Waals surface area contributed by atoms with Crippen molar-refractivity contribution in [3.8, 4) is 11.5 Å². The molecule has 0 aliphatic carbocycles. The van der Waals surface area contributed by atoms with E-state index in [9.17, 15) is 9.59 Å². The zero-order valence-corrected chi connectivity index (χ0v) is 12.3. The van der Waals surface area contributed by atoms with Gasteiger partial charge in [0, 0.05) is 0 Å². The standard InChI is InChI=1S/C15H19NO5/c1-4-5-11-6-7-12(13(8-11)20-3)21-9-14(17)16-10(2)15(18)19/h4-8,10H,9H2,1-3H3,(H,16,17)(H,18,19)/b5-4+/t10-/m1/s1. The van der Waals surface area contributed by atoms with E-state index in [4.69, 9.17) is 14.6 Å². The maximum absolute atomic E-state index is 11.5. The van der Waals surface area contributed by atoms with Crippen LogP contribution >= 0.6 is 0 Å². The minimum absolute atomic E-state index is 0.281. The lowest BCUT2D eigenvalue weighted by Gasteiger charge is -2.13. The maximum Gasteiger partial charge on any atom is 0.325 e. The highest BCUT2D eigenvalue weighted by atomic mass is 16.5. The highest BCUT2D eigenvalue weighted by Crippen LogP contribution is 2.28. The number of carbonyl (C=O) groups is 2. The molecule has 0 aromatic heterocycles. The predicted octanol–water partition coefficient (Wildman–Crippen LogP) is 1.70. The van der Waals surface area contributed by atoms with Crippen LogP contribution in [0.1, 0.15) is 19.4 Å². The fourth-order valence-electron chi connectivity index (χ4n) is 1.59. The molecule has 1 rings (SSSR count). The molecule has 1 atom stereocenters. The number of methoxy groups -OCH3 is 1. The van der Waals surface area contributed by atoms with Gasteiger partial charge in [0.1, 0.15) is 6.04 Å². The van der Waals surface area contributed by atoms with Crippen molar-refractivity contribution in [2.24, 2.45) is 0 Å². The molecular formula is C15H19NO5. The molecule has 0 saturated carbocycles. The van der Waals surface area contributed by atoms with Crippen LogP contribution in [-0.2, 0) is 9.59 Å². The van der Waals surface area contributed by atoms with Crippen LogP contribution < -0.4 is 14.8 Å².